The first-order valence-corrected chi connectivity index (χ1v) is 11.6. The topological polar surface area (TPSA) is 106 Å². The summed E-state index contributed by atoms with van der Waals surface area (Å²) in [5, 5.41) is 16.1. The molecule has 3 N–H and O–H groups in total. The smallest absolute Gasteiger partial charge is 0.257 e. The lowest BCUT2D eigenvalue weighted by Gasteiger charge is -2.11. The van der Waals surface area contributed by atoms with Gasteiger partial charge >= 0.3 is 0 Å². The fraction of sp³-hybridized carbons (Fsp3) is 0.192. The van der Waals surface area contributed by atoms with E-state index in [1.165, 1.54) is 11.6 Å². The van der Waals surface area contributed by atoms with Gasteiger partial charge in [0.2, 0.25) is 12.7 Å². The van der Waals surface area contributed by atoms with E-state index in [0.29, 0.717) is 39.8 Å². The molecule has 0 saturated heterocycles. The van der Waals surface area contributed by atoms with Crippen molar-refractivity contribution in [1.82, 2.24) is 10.3 Å². The Morgan fingerprint density at radius 1 is 1.11 bits per heavy atom. The molecule has 0 fully saturated rings. The van der Waals surface area contributed by atoms with Gasteiger partial charge in [-0.1, -0.05) is 19.9 Å². The summed E-state index contributed by atoms with van der Waals surface area (Å²) in [6.45, 7) is 4.43. The van der Waals surface area contributed by atoms with Gasteiger partial charge < -0.3 is 24.3 Å². The zero-order valence-corrected chi connectivity index (χ0v) is 19.9. The van der Waals surface area contributed by atoms with Crippen LogP contribution in [0.25, 0.3) is 22.6 Å². The maximum atomic E-state index is 12.6. The van der Waals surface area contributed by atoms with Crippen LogP contribution in [0.5, 0.6) is 17.2 Å². The third-order valence-corrected chi connectivity index (χ3v) is 6.14. The normalized spacial score (nSPS) is 13.0. The summed E-state index contributed by atoms with van der Waals surface area (Å²) in [4.78, 5) is 17.2. The Kier molecular flexibility index (Phi) is 6.00. The second-order valence-corrected chi connectivity index (χ2v) is 8.67. The standard InChI is InChI=1S/C26H23N3O5S/c1-3-14(2)15-4-8-21-19(10-15)28-25(34-21)18-12-17(6-7-20(18)30)27-26(35)29-24(31)16-5-9-22-23(11-16)33-13-32-22/h4-12,14,30H,3,13H2,1-2H3,(H2,27,29,31,35)/t14-/m0/s1. The molecule has 0 spiro atoms. The number of amides is 1. The van der Waals surface area contributed by atoms with Crippen LogP contribution in [-0.4, -0.2) is 27.9 Å². The van der Waals surface area contributed by atoms with E-state index in [1.807, 2.05) is 18.2 Å². The predicted molar refractivity (Wildman–Crippen MR) is 136 cm³/mol. The summed E-state index contributed by atoms with van der Waals surface area (Å²) in [7, 11) is 0. The van der Waals surface area contributed by atoms with Crippen LogP contribution < -0.4 is 20.1 Å². The number of benzene rings is 3. The lowest BCUT2D eigenvalue weighted by Crippen LogP contribution is -2.34. The maximum absolute atomic E-state index is 12.6. The molecule has 4 aromatic rings. The monoisotopic (exact) mass is 489 g/mol. The number of thiocarbonyl (C=S) groups is 1. The Labute approximate surface area is 206 Å². The Hall–Kier alpha value is -4.11. The SMILES string of the molecule is CC[C@H](C)c1ccc2oc(-c3cc(NC(=S)NC(=O)c4ccc5c(c4)OCO5)ccc3O)nc2c1. The van der Waals surface area contributed by atoms with E-state index in [9.17, 15) is 9.90 Å². The van der Waals surface area contributed by atoms with Crippen molar-refractivity contribution in [3.05, 3.63) is 65.7 Å². The first-order valence-electron chi connectivity index (χ1n) is 11.2. The first kappa shape index (κ1) is 22.7. The van der Waals surface area contributed by atoms with Crippen LogP contribution in [0, 0.1) is 0 Å². The quantitative estimate of drug-likeness (QED) is 0.247. The van der Waals surface area contributed by atoms with Crippen molar-refractivity contribution in [2.24, 2.45) is 0 Å². The summed E-state index contributed by atoms with van der Waals surface area (Å²) in [6, 6.07) is 15.7. The zero-order valence-electron chi connectivity index (χ0n) is 19.1. The number of phenols is 1. The first-order chi connectivity index (χ1) is 16.9. The fourth-order valence-electron chi connectivity index (χ4n) is 3.76. The van der Waals surface area contributed by atoms with Crippen molar-refractivity contribution in [2.45, 2.75) is 26.2 Å². The molecule has 8 nitrogen and oxygen atoms in total. The molecule has 178 valence electrons. The summed E-state index contributed by atoms with van der Waals surface area (Å²) in [5.74, 6) is 1.42. The van der Waals surface area contributed by atoms with Crippen molar-refractivity contribution in [3.63, 3.8) is 0 Å². The molecule has 2 heterocycles. The van der Waals surface area contributed by atoms with Crippen molar-refractivity contribution in [3.8, 4) is 28.7 Å². The van der Waals surface area contributed by atoms with Gasteiger partial charge in [-0.25, -0.2) is 4.98 Å². The van der Waals surface area contributed by atoms with Crippen LogP contribution in [0.1, 0.15) is 42.1 Å². The third kappa shape index (κ3) is 4.63. The third-order valence-electron chi connectivity index (χ3n) is 5.94. The second-order valence-electron chi connectivity index (χ2n) is 8.26. The predicted octanol–water partition coefficient (Wildman–Crippen LogP) is 5.57. The molecule has 0 bridgehead atoms. The van der Waals surface area contributed by atoms with E-state index in [4.69, 9.17) is 26.1 Å². The summed E-state index contributed by atoms with van der Waals surface area (Å²) < 4.78 is 16.5. The molecule has 0 radical (unpaired) electrons. The molecule has 3 aromatic carbocycles. The maximum Gasteiger partial charge on any atom is 0.257 e. The summed E-state index contributed by atoms with van der Waals surface area (Å²) in [6.07, 6.45) is 1.02. The molecule has 35 heavy (non-hydrogen) atoms. The van der Waals surface area contributed by atoms with Crippen LogP contribution in [0.3, 0.4) is 0 Å². The molecule has 1 amide bonds. The number of aromatic hydroxyl groups is 1. The Balaban J connectivity index is 1.32. The van der Waals surface area contributed by atoms with E-state index < -0.39 is 5.91 Å². The highest BCUT2D eigenvalue weighted by atomic mass is 32.1. The average Bonchev–Trinajstić information content (AvgIpc) is 3.50. The number of nitrogens with zero attached hydrogens (tertiary/aromatic N) is 1. The van der Waals surface area contributed by atoms with E-state index in [2.05, 4.69) is 29.5 Å². The number of carbonyl (C=O) groups excluding carboxylic acids is 1. The molecule has 9 heteroatoms. The molecule has 1 aliphatic rings. The number of hydrogen-bond acceptors (Lipinski definition) is 7. The van der Waals surface area contributed by atoms with Crippen LogP contribution in [0.4, 0.5) is 5.69 Å². The van der Waals surface area contributed by atoms with Gasteiger partial charge in [-0.05, 0) is 78.7 Å². The van der Waals surface area contributed by atoms with Crippen molar-refractivity contribution >= 4 is 40.0 Å². The highest BCUT2D eigenvalue weighted by Gasteiger charge is 2.18. The highest BCUT2D eigenvalue weighted by molar-refractivity contribution is 7.80. The van der Waals surface area contributed by atoms with Crippen molar-refractivity contribution < 1.29 is 23.8 Å². The minimum Gasteiger partial charge on any atom is -0.507 e. The summed E-state index contributed by atoms with van der Waals surface area (Å²) in [5.41, 5.74) is 3.88. The molecule has 0 aliphatic carbocycles. The Bertz CT molecular complexity index is 1450. The van der Waals surface area contributed by atoms with Gasteiger partial charge in [-0.2, -0.15) is 0 Å². The Morgan fingerprint density at radius 2 is 1.94 bits per heavy atom. The molecule has 1 aromatic heterocycles. The highest BCUT2D eigenvalue weighted by Crippen LogP contribution is 2.35. The van der Waals surface area contributed by atoms with Gasteiger partial charge in [0.15, 0.2) is 22.2 Å². The van der Waals surface area contributed by atoms with E-state index in [-0.39, 0.29) is 23.5 Å². The van der Waals surface area contributed by atoms with Gasteiger partial charge in [-0.15, -0.1) is 0 Å². The van der Waals surface area contributed by atoms with Gasteiger partial charge in [-0.3, -0.25) is 10.1 Å². The molecule has 5 rings (SSSR count). The van der Waals surface area contributed by atoms with Gasteiger partial charge in [0.05, 0.1) is 5.56 Å². The van der Waals surface area contributed by atoms with E-state index >= 15 is 0 Å². The number of anilines is 1. The average molecular weight is 490 g/mol. The largest absolute Gasteiger partial charge is 0.507 e. The number of carbonyl (C=O) groups is 1. The van der Waals surface area contributed by atoms with Gasteiger partial charge in [0, 0.05) is 11.3 Å². The molecule has 1 aliphatic heterocycles. The molecule has 0 saturated carbocycles. The molecule has 1 atom stereocenters. The Morgan fingerprint density at radius 3 is 2.77 bits per heavy atom. The van der Waals surface area contributed by atoms with Crippen LogP contribution in [0.2, 0.25) is 0 Å². The minimum atomic E-state index is -0.393. The molecular formula is C26H23N3O5S. The van der Waals surface area contributed by atoms with Crippen molar-refractivity contribution in [2.75, 3.05) is 12.1 Å². The number of oxazole rings is 1. The number of ether oxygens (including phenoxy) is 2. The van der Waals surface area contributed by atoms with Gasteiger partial charge in [0.1, 0.15) is 11.3 Å². The second kappa shape index (κ2) is 9.27. The number of aromatic nitrogens is 1. The lowest BCUT2D eigenvalue weighted by atomic mass is 9.98. The fourth-order valence-corrected chi connectivity index (χ4v) is 3.97. The molecular weight excluding hydrogens is 466 g/mol. The van der Waals surface area contributed by atoms with Crippen LogP contribution in [0.15, 0.2) is 59.0 Å². The van der Waals surface area contributed by atoms with Crippen LogP contribution in [-0.2, 0) is 0 Å². The number of nitrogens with one attached hydrogen (secondary N) is 2. The number of hydrogen-bond donors (Lipinski definition) is 3. The van der Waals surface area contributed by atoms with Gasteiger partial charge in [0.25, 0.3) is 5.91 Å². The summed E-state index contributed by atoms with van der Waals surface area (Å²) >= 11 is 5.31. The van der Waals surface area contributed by atoms with Crippen LogP contribution >= 0.6 is 12.2 Å². The lowest BCUT2D eigenvalue weighted by molar-refractivity contribution is 0.0977. The number of phenolic OH excluding ortho intramolecular Hbond substituents is 1. The molecule has 0 unspecified atom stereocenters. The van der Waals surface area contributed by atoms with E-state index in [1.54, 1.807) is 30.3 Å². The van der Waals surface area contributed by atoms with E-state index in [0.717, 1.165) is 11.9 Å². The van der Waals surface area contributed by atoms with Crippen molar-refractivity contribution in [1.29, 1.82) is 0 Å². The number of rotatable bonds is 5. The zero-order chi connectivity index (χ0) is 24.5. The number of fused-ring (bicyclic) bond motifs is 2. The minimum absolute atomic E-state index is 0.0135.